The molecule has 0 saturated carbocycles. The van der Waals surface area contributed by atoms with E-state index in [1.54, 1.807) is 7.05 Å². The molecule has 0 aromatic carbocycles. The van der Waals surface area contributed by atoms with Gasteiger partial charge in [0.15, 0.2) is 0 Å². The van der Waals surface area contributed by atoms with Gasteiger partial charge in [-0.3, -0.25) is 0 Å². The lowest BCUT2D eigenvalue weighted by Crippen LogP contribution is -2.46. The fraction of sp³-hybridized carbons (Fsp3) is 0.769. The zero-order valence-electron chi connectivity index (χ0n) is 13.1. The van der Waals surface area contributed by atoms with Gasteiger partial charge in [-0.1, -0.05) is 0 Å². The highest BCUT2D eigenvalue weighted by molar-refractivity contribution is 5.44. The summed E-state index contributed by atoms with van der Waals surface area (Å²) in [6, 6.07) is 0. The zero-order valence-corrected chi connectivity index (χ0v) is 13.1. The Labute approximate surface area is 125 Å². The quantitative estimate of drug-likeness (QED) is 0.782. The van der Waals surface area contributed by atoms with E-state index in [4.69, 9.17) is 4.74 Å². The van der Waals surface area contributed by atoms with E-state index in [9.17, 15) is 5.11 Å². The molecule has 2 N–H and O–H groups in total. The van der Waals surface area contributed by atoms with E-state index in [0.29, 0.717) is 50.4 Å². The summed E-state index contributed by atoms with van der Waals surface area (Å²) in [7, 11) is 7.40. The third-order valence-electron chi connectivity index (χ3n) is 3.53. The largest absolute Gasteiger partial charge is 0.388 e. The van der Waals surface area contributed by atoms with Crippen molar-refractivity contribution in [2.45, 2.75) is 18.4 Å². The number of aromatic nitrogens is 3. The molecule has 1 aromatic rings. The summed E-state index contributed by atoms with van der Waals surface area (Å²) in [5.41, 5.74) is -0.752. The van der Waals surface area contributed by atoms with Crippen molar-refractivity contribution in [1.29, 1.82) is 0 Å². The maximum Gasteiger partial charge on any atom is 0.231 e. The fourth-order valence-corrected chi connectivity index (χ4v) is 2.26. The first-order valence-electron chi connectivity index (χ1n) is 7.06. The Morgan fingerprint density at radius 2 is 1.76 bits per heavy atom. The van der Waals surface area contributed by atoms with Crippen LogP contribution in [0.25, 0.3) is 0 Å². The molecule has 8 heteroatoms. The Morgan fingerprint density at radius 3 is 2.33 bits per heavy atom. The molecular weight excluding hydrogens is 272 g/mol. The van der Waals surface area contributed by atoms with E-state index in [1.807, 2.05) is 30.9 Å². The summed E-state index contributed by atoms with van der Waals surface area (Å²) in [5, 5.41) is 13.5. The maximum absolute atomic E-state index is 10.6. The second-order valence-electron chi connectivity index (χ2n) is 5.60. The minimum atomic E-state index is -0.752. The molecule has 0 bridgehead atoms. The lowest BCUT2D eigenvalue weighted by molar-refractivity contribution is -0.0574. The number of hydrogen-bond acceptors (Lipinski definition) is 8. The van der Waals surface area contributed by atoms with E-state index in [2.05, 4.69) is 20.3 Å². The van der Waals surface area contributed by atoms with Crippen molar-refractivity contribution in [2.24, 2.45) is 0 Å². The molecule has 0 radical (unpaired) electrons. The van der Waals surface area contributed by atoms with Gasteiger partial charge in [-0.2, -0.15) is 15.0 Å². The van der Waals surface area contributed by atoms with Crippen LogP contribution in [0.5, 0.6) is 0 Å². The number of ether oxygens (including phenoxy) is 1. The standard InChI is InChI=1S/C13H24N6O2/c1-14-10-15-11(18(2)3)17-12(16-10)19(4)9-13(20)5-7-21-8-6-13/h20H,5-9H2,1-4H3,(H,14,15,16,17). The summed E-state index contributed by atoms with van der Waals surface area (Å²) in [6.07, 6.45) is 1.25. The molecule has 1 saturated heterocycles. The van der Waals surface area contributed by atoms with E-state index in [-0.39, 0.29) is 0 Å². The van der Waals surface area contributed by atoms with Gasteiger partial charge in [-0.15, -0.1) is 0 Å². The van der Waals surface area contributed by atoms with Gasteiger partial charge in [0.1, 0.15) is 0 Å². The first kappa shape index (κ1) is 15.7. The Morgan fingerprint density at radius 1 is 1.14 bits per heavy atom. The van der Waals surface area contributed by atoms with Crippen LogP contribution in [-0.2, 0) is 4.74 Å². The van der Waals surface area contributed by atoms with Crippen molar-refractivity contribution in [1.82, 2.24) is 15.0 Å². The second kappa shape index (κ2) is 6.40. The van der Waals surface area contributed by atoms with Crippen molar-refractivity contribution < 1.29 is 9.84 Å². The van der Waals surface area contributed by atoms with E-state index < -0.39 is 5.60 Å². The van der Waals surface area contributed by atoms with Gasteiger partial charge < -0.3 is 25.0 Å². The second-order valence-corrected chi connectivity index (χ2v) is 5.60. The predicted octanol–water partition coefficient (Wildman–Crippen LogP) is -0.0430. The lowest BCUT2D eigenvalue weighted by atomic mass is 9.94. The van der Waals surface area contributed by atoms with Crippen LogP contribution in [0, 0.1) is 0 Å². The first-order valence-corrected chi connectivity index (χ1v) is 7.06. The average Bonchev–Trinajstić information content (AvgIpc) is 2.46. The fourth-order valence-electron chi connectivity index (χ4n) is 2.26. The maximum atomic E-state index is 10.6. The highest BCUT2D eigenvalue weighted by Crippen LogP contribution is 2.23. The van der Waals surface area contributed by atoms with Crippen LogP contribution in [0.15, 0.2) is 0 Å². The molecule has 8 nitrogen and oxygen atoms in total. The number of rotatable bonds is 5. The molecular formula is C13H24N6O2. The summed E-state index contributed by atoms with van der Waals surface area (Å²) in [4.78, 5) is 16.7. The number of hydrogen-bond donors (Lipinski definition) is 2. The van der Waals surface area contributed by atoms with Gasteiger partial charge in [0.25, 0.3) is 0 Å². The topological polar surface area (TPSA) is 86.6 Å². The van der Waals surface area contributed by atoms with E-state index in [0.717, 1.165) is 0 Å². The third kappa shape index (κ3) is 3.92. The van der Waals surface area contributed by atoms with Crippen molar-refractivity contribution in [2.75, 3.05) is 63.1 Å². The monoisotopic (exact) mass is 296 g/mol. The molecule has 2 rings (SSSR count). The molecule has 0 aliphatic carbocycles. The van der Waals surface area contributed by atoms with Crippen LogP contribution < -0.4 is 15.1 Å². The van der Waals surface area contributed by atoms with E-state index in [1.165, 1.54) is 0 Å². The minimum absolute atomic E-state index is 0.469. The summed E-state index contributed by atoms with van der Waals surface area (Å²) >= 11 is 0. The van der Waals surface area contributed by atoms with Crippen molar-refractivity contribution in [3.63, 3.8) is 0 Å². The average molecular weight is 296 g/mol. The van der Waals surface area contributed by atoms with Gasteiger partial charge in [-0.25, -0.2) is 0 Å². The Kier molecular flexibility index (Phi) is 4.79. The van der Waals surface area contributed by atoms with Gasteiger partial charge in [0.2, 0.25) is 17.8 Å². The molecule has 1 aliphatic heterocycles. The third-order valence-corrected chi connectivity index (χ3v) is 3.53. The van der Waals surface area contributed by atoms with Crippen LogP contribution >= 0.6 is 0 Å². The van der Waals surface area contributed by atoms with Gasteiger partial charge in [0.05, 0.1) is 5.60 Å². The Hall–Kier alpha value is -1.67. The summed E-state index contributed by atoms with van der Waals surface area (Å²) in [6.45, 7) is 1.65. The SMILES string of the molecule is CNc1nc(N(C)C)nc(N(C)CC2(O)CCOCC2)n1. The Bertz CT molecular complexity index is 476. The number of anilines is 3. The molecule has 0 spiro atoms. The molecule has 21 heavy (non-hydrogen) atoms. The van der Waals surface area contributed by atoms with Crippen LogP contribution in [0.1, 0.15) is 12.8 Å². The lowest BCUT2D eigenvalue weighted by Gasteiger charge is -2.35. The van der Waals surface area contributed by atoms with Crippen LogP contribution in [0.4, 0.5) is 17.8 Å². The zero-order chi connectivity index (χ0) is 15.5. The highest BCUT2D eigenvalue weighted by Gasteiger charge is 2.32. The van der Waals surface area contributed by atoms with Crippen LogP contribution in [0.3, 0.4) is 0 Å². The van der Waals surface area contributed by atoms with E-state index >= 15 is 0 Å². The van der Waals surface area contributed by atoms with Crippen molar-refractivity contribution >= 4 is 17.8 Å². The Balaban J connectivity index is 2.17. The molecule has 2 heterocycles. The van der Waals surface area contributed by atoms with Gasteiger partial charge in [0, 0.05) is 60.8 Å². The normalized spacial score (nSPS) is 17.4. The molecule has 0 amide bonds. The van der Waals surface area contributed by atoms with Gasteiger partial charge in [-0.05, 0) is 0 Å². The van der Waals surface area contributed by atoms with Gasteiger partial charge >= 0.3 is 0 Å². The van der Waals surface area contributed by atoms with Crippen LogP contribution in [0.2, 0.25) is 0 Å². The number of aliphatic hydroxyl groups is 1. The van der Waals surface area contributed by atoms with Crippen molar-refractivity contribution in [3.8, 4) is 0 Å². The predicted molar refractivity (Wildman–Crippen MR) is 82.0 cm³/mol. The molecule has 1 aromatic heterocycles. The highest BCUT2D eigenvalue weighted by atomic mass is 16.5. The summed E-state index contributed by atoms with van der Waals surface area (Å²) in [5.74, 6) is 1.63. The molecule has 0 atom stereocenters. The minimum Gasteiger partial charge on any atom is -0.388 e. The van der Waals surface area contributed by atoms with Crippen molar-refractivity contribution in [3.05, 3.63) is 0 Å². The number of nitrogens with zero attached hydrogens (tertiary/aromatic N) is 5. The summed E-state index contributed by atoms with van der Waals surface area (Å²) < 4.78 is 5.30. The van der Waals surface area contributed by atoms with Crippen LogP contribution in [-0.4, -0.2) is 73.6 Å². The smallest absolute Gasteiger partial charge is 0.231 e. The first-order chi connectivity index (χ1) is 9.93. The molecule has 118 valence electrons. The molecule has 1 fully saturated rings. The number of likely N-dealkylation sites (N-methyl/N-ethyl adjacent to an activating group) is 1. The number of nitrogens with one attached hydrogen (secondary N) is 1. The molecule has 1 aliphatic rings. The molecule has 0 unspecified atom stereocenters.